The van der Waals surface area contributed by atoms with Crippen molar-refractivity contribution >= 4 is 0 Å². The van der Waals surface area contributed by atoms with Crippen LogP contribution in [-0.4, -0.2) is 47.9 Å². The second kappa shape index (κ2) is 6.17. The van der Waals surface area contributed by atoms with E-state index in [4.69, 9.17) is 0 Å². The summed E-state index contributed by atoms with van der Waals surface area (Å²) in [7, 11) is 4.22. The molecule has 1 aromatic rings. The lowest BCUT2D eigenvalue weighted by Crippen LogP contribution is -2.35. The zero-order valence-electron chi connectivity index (χ0n) is 11.0. The first-order valence-corrected chi connectivity index (χ1v) is 6.62. The Kier molecular flexibility index (Phi) is 4.57. The molecule has 0 unspecified atom stereocenters. The van der Waals surface area contributed by atoms with Gasteiger partial charge in [0.05, 0.1) is 0 Å². The highest BCUT2D eigenvalue weighted by atomic mass is 15.3. The maximum Gasteiger partial charge on any atom is 0.0492 e. The average Bonchev–Trinajstić information content (AvgIpc) is 2.73. The van der Waals surface area contributed by atoms with E-state index in [0.29, 0.717) is 0 Å². The zero-order valence-corrected chi connectivity index (χ0v) is 11.0. The Morgan fingerprint density at radius 2 is 2.12 bits per heavy atom. The number of aryl methyl sites for hydroxylation is 1. The average molecular weight is 236 g/mol. The predicted molar refractivity (Wildman–Crippen MR) is 70.0 cm³/mol. The van der Waals surface area contributed by atoms with Crippen molar-refractivity contribution in [3.63, 3.8) is 0 Å². The molecule has 1 saturated heterocycles. The topological polar surface area (TPSA) is 33.1 Å². The molecule has 0 aromatic carbocycles. The lowest BCUT2D eigenvalue weighted by atomic mass is 9.97. The highest BCUT2D eigenvalue weighted by Gasteiger charge is 2.15. The Morgan fingerprint density at radius 3 is 2.76 bits per heavy atom. The van der Waals surface area contributed by atoms with E-state index in [0.717, 1.165) is 18.9 Å². The summed E-state index contributed by atoms with van der Waals surface area (Å²) >= 11 is 0. The molecule has 1 N–H and O–H groups in total. The van der Waals surface area contributed by atoms with Crippen molar-refractivity contribution in [3.8, 4) is 0 Å². The first kappa shape index (κ1) is 12.6. The molecule has 1 aromatic heterocycles. The molecule has 96 valence electrons. The molecule has 2 heterocycles. The maximum atomic E-state index is 4.18. The summed E-state index contributed by atoms with van der Waals surface area (Å²) in [5.41, 5.74) is 1.31. The van der Waals surface area contributed by atoms with E-state index in [1.54, 1.807) is 0 Å². The van der Waals surface area contributed by atoms with Crippen molar-refractivity contribution in [3.05, 3.63) is 18.0 Å². The smallest absolute Gasteiger partial charge is 0.0492 e. The van der Waals surface area contributed by atoms with Crippen molar-refractivity contribution in [2.24, 2.45) is 13.0 Å². The highest BCUT2D eigenvalue weighted by Crippen LogP contribution is 2.14. The summed E-state index contributed by atoms with van der Waals surface area (Å²) in [5, 5.41) is 7.75. The molecule has 1 aliphatic heterocycles. The van der Waals surface area contributed by atoms with Gasteiger partial charge in [0.1, 0.15) is 0 Å². The van der Waals surface area contributed by atoms with Crippen LogP contribution in [-0.2, 0) is 13.5 Å². The lowest BCUT2D eigenvalue weighted by Gasteiger charge is -2.29. The van der Waals surface area contributed by atoms with Gasteiger partial charge in [-0.05, 0) is 51.5 Å². The molecule has 0 atom stereocenters. The SMILES string of the molecule is CN1CCC(CNCCc2ccnn2C)CC1. The second-order valence-electron chi connectivity index (χ2n) is 5.15. The Labute approximate surface area is 104 Å². The van der Waals surface area contributed by atoms with Crippen LogP contribution in [0.25, 0.3) is 0 Å². The molecule has 17 heavy (non-hydrogen) atoms. The third kappa shape index (κ3) is 3.82. The summed E-state index contributed by atoms with van der Waals surface area (Å²) < 4.78 is 1.96. The van der Waals surface area contributed by atoms with Gasteiger partial charge in [0.25, 0.3) is 0 Å². The lowest BCUT2D eigenvalue weighted by molar-refractivity contribution is 0.216. The number of nitrogens with one attached hydrogen (secondary N) is 1. The molecule has 0 radical (unpaired) electrons. The van der Waals surface area contributed by atoms with Gasteiger partial charge in [-0.2, -0.15) is 5.10 Å². The van der Waals surface area contributed by atoms with Gasteiger partial charge in [0.2, 0.25) is 0 Å². The summed E-state index contributed by atoms with van der Waals surface area (Å²) in [6.07, 6.45) is 5.62. The van der Waals surface area contributed by atoms with Crippen LogP contribution in [0.1, 0.15) is 18.5 Å². The van der Waals surface area contributed by atoms with Crippen molar-refractivity contribution < 1.29 is 0 Å². The maximum absolute atomic E-state index is 4.18. The number of likely N-dealkylation sites (tertiary alicyclic amines) is 1. The van der Waals surface area contributed by atoms with Crippen LogP contribution < -0.4 is 5.32 Å². The summed E-state index contributed by atoms with van der Waals surface area (Å²) in [6, 6.07) is 2.09. The normalized spacial score (nSPS) is 18.7. The monoisotopic (exact) mass is 236 g/mol. The fraction of sp³-hybridized carbons (Fsp3) is 0.769. The van der Waals surface area contributed by atoms with E-state index in [2.05, 4.69) is 28.4 Å². The molecule has 0 bridgehead atoms. The van der Waals surface area contributed by atoms with E-state index in [9.17, 15) is 0 Å². The van der Waals surface area contributed by atoms with Gasteiger partial charge in [-0.25, -0.2) is 0 Å². The molecule has 0 amide bonds. The van der Waals surface area contributed by atoms with E-state index in [1.807, 2.05) is 17.9 Å². The summed E-state index contributed by atoms with van der Waals surface area (Å²) in [5.74, 6) is 0.873. The molecule has 0 spiro atoms. The minimum Gasteiger partial charge on any atom is -0.316 e. The number of piperidine rings is 1. The van der Waals surface area contributed by atoms with Gasteiger partial charge < -0.3 is 10.2 Å². The molecule has 4 nitrogen and oxygen atoms in total. The molecule has 4 heteroatoms. The third-order valence-electron chi connectivity index (χ3n) is 3.75. The van der Waals surface area contributed by atoms with Gasteiger partial charge in [-0.3, -0.25) is 4.68 Å². The number of hydrogen-bond acceptors (Lipinski definition) is 3. The van der Waals surface area contributed by atoms with Crippen LogP contribution in [0.3, 0.4) is 0 Å². The molecular weight excluding hydrogens is 212 g/mol. The van der Waals surface area contributed by atoms with Gasteiger partial charge >= 0.3 is 0 Å². The van der Waals surface area contributed by atoms with Crippen LogP contribution in [0.15, 0.2) is 12.3 Å². The Balaban J connectivity index is 1.59. The summed E-state index contributed by atoms with van der Waals surface area (Å²) in [6.45, 7) is 4.75. The van der Waals surface area contributed by atoms with Crippen LogP contribution in [0.4, 0.5) is 0 Å². The van der Waals surface area contributed by atoms with Crippen LogP contribution in [0.5, 0.6) is 0 Å². The minimum absolute atomic E-state index is 0.873. The Bertz CT molecular complexity index is 326. The Morgan fingerprint density at radius 1 is 1.35 bits per heavy atom. The van der Waals surface area contributed by atoms with Crippen LogP contribution >= 0.6 is 0 Å². The minimum atomic E-state index is 0.873. The van der Waals surface area contributed by atoms with Crippen molar-refractivity contribution in [1.29, 1.82) is 0 Å². The van der Waals surface area contributed by atoms with Crippen LogP contribution in [0.2, 0.25) is 0 Å². The third-order valence-corrected chi connectivity index (χ3v) is 3.75. The summed E-state index contributed by atoms with van der Waals surface area (Å²) in [4.78, 5) is 2.42. The number of rotatable bonds is 5. The quantitative estimate of drug-likeness (QED) is 0.771. The molecule has 0 aliphatic carbocycles. The first-order chi connectivity index (χ1) is 8.25. The van der Waals surface area contributed by atoms with E-state index < -0.39 is 0 Å². The van der Waals surface area contributed by atoms with Gasteiger partial charge in [-0.15, -0.1) is 0 Å². The molecule has 0 saturated carbocycles. The van der Waals surface area contributed by atoms with E-state index >= 15 is 0 Å². The number of aromatic nitrogens is 2. The van der Waals surface area contributed by atoms with Gasteiger partial charge in [-0.1, -0.05) is 0 Å². The van der Waals surface area contributed by atoms with Crippen molar-refractivity contribution in [2.75, 3.05) is 33.2 Å². The standard InChI is InChI=1S/C13H24N4/c1-16-9-5-12(6-10-16)11-14-7-3-13-4-8-15-17(13)2/h4,8,12,14H,3,5-7,9-11H2,1-2H3. The predicted octanol–water partition coefficient (Wildman–Crippen LogP) is 0.894. The molecular formula is C13H24N4. The molecule has 2 rings (SSSR count). The number of hydrogen-bond donors (Lipinski definition) is 1. The molecule has 1 aliphatic rings. The van der Waals surface area contributed by atoms with Crippen molar-refractivity contribution in [1.82, 2.24) is 20.0 Å². The first-order valence-electron chi connectivity index (χ1n) is 6.62. The highest BCUT2D eigenvalue weighted by molar-refractivity contribution is 5.00. The van der Waals surface area contributed by atoms with Crippen LogP contribution in [0, 0.1) is 5.92 Å². The van der Waals surface area contributed by atoms with E-state index in [1.165, 1.54) is 38.2 Å². The largest absolute Gasteiger partial charge is 0.316 e. The van der Waals surface area contributed by atoms with Gasteiger partial charge in [0, 0.05) is 31.9 Å². The molecule has 1 fully saturated rings. The van der Waals surface area contributed by atoms with E-state index in [-0.39, 0.29) is 0 Å². The van der Waals surface area contributed by atoms with Crippen molar-refractivity contribution in [2.45, 2.75) is 19.3 Å². The van der Waals surface area contributed by atoms with Gasteiger partial charge in [0.15, 0.2) is 0 Å². The fourth-order valence-corrected chi connectivity index (χ4v) is 2.44. The number of nitrogens with zero attached hydrogens (tertiary/aromatic N) is 3. The zero-order chi connectivity index (χ0) is 12.1. The fourth-order valence-electron chi connectivity index (χ4n) is 2.44. The Hall–Kier alpha value is -0.870. The second-order valence-corrected chi connectivity index (χ2v) is 5.15.